The number of halogens is 5. The molecule has 1 N–H and O–H groups in total. The van der Waals surface area contributed by atoms with Gasteiger partial charge < -0.3 is 10.1 Å². The standard InChI is InChI=1S/C26H46F5NO3/c1-4-6-7-8-9-10-11-12-13-14-15-16-17-18-19-20-35-23(33)22(21(3)5-2)32-24(34)25(27,28)26(29,30)31/h21-22H,4-20H2,1-3H3,(H,32,34). The summed E-state index contributed by atoms with van der Waals surface area (Å²) in [5, 5.41) is 1.54. The van der Waals surface area contributed by atoms with Gasteiger partial charge in [0, 0.05) is 0 Å². The zero-order chi connectivity index (χ0) is 26.7. The topological polar surface area (TPSA) is 55.4 Å². The lowest BCUT2D eigenvalue weighted by Crippen LogP contribution is -2.56. The normalized spacial score (nSPS) is 13.9. The third-order valence-corrected chi connectivity index (χ3v) is 6.39. The highest BCUT2D eigenvalue weighted by Gasteiger charge is 2.63. The average Bonchev–Trinajstić information content (AvgIpc) is 2.80. The van der Waals surface area contributed by atoms with Crippen molar-refractivity contribution in [2.45, 2.75) is 142 Å². The van der Waals surface area contributed by atoms with E-state index >= 15 is 0 Å². The number of hydrogen-bond acceptors (Lipinski definition) is 3. The van der Waals surface area contributed by atoms with Gasteiger partial charge in [0.1, 0.15) is 6.04 Å². The number of hydrogen-bond donors (Lipinski definition) is 1. The molecule has 0 radical (unpaired) electrons. The van der Waals surface area contributed by atoms with E-state index in [0.29, 0.717) is 6.42 Å². The summed E-state index contributed by atoms with van der Waals surface area (Å²) in [6.07, 6.45) is 11.9. The Morgan fingerprint density at radius 2 is 1.11 bits per heavy atom. The highest BCUT2D eigenvalue weighted by molar-refractivity contribution is 5.89. The number of rotatable bonds is 21. The highest BCUT2D eigenvalue weighted by atomic mass is 19.4. The third-order valence-electron chi connectivity index (χ3n) is 6.39. The van der Waals surface area contributed by atoms with Crippen molar-refractivity contribution >= 4 is 11.9 Å². The number of alkyl halides is 5. The molecule has 35 heavy (non-hydrogen) atoms. The van der Waals surface area contributed by atoms with Crippen LogP contribution in [-0.4, -0.2) is 36.6 Å². The molecule has 0 aliphatic carbocycles. The summed E-state index contributed by atoms with van der Waals surface area (Å²) in [4.78, 5) is 23.7. The van der Waals surface area contributed by atoms with E-state index < -0.39 is 35.9 Å². The van der Waals surface area contributed by atoms with Crippen LogP contribution in [0.5, 0.6) is 0 Å². The zero-order valence-corrected chi connectivity index (χ0v) is 21.8. The second-order valence-corrected chi connectivity index (χ2v) is 9.53. The molecule has 0 saturated carbocycles. The number of nitrogens with one attached hydrogen (secondary N) is 1. The van der Waals surface area contributed by atoms with Crippen LogP contribution >= 0.6 is 0 Å². The second kappa shape index (κ2) is 18.8. The van der Waals surface area contributed by atoms with Crippen LogP contribution in [0.2, 0.25) is 0 Å². The molecule has 2 unspecified atom stereocenters. The Morgan fingerprint density at radius 1 is 0.714 bits per heavy atom. The Morgan fingerprint density at radius 3 is 1.49 bits per heavy atom. The minimum absolute atomic E-state index is 0.0373. The first-order valence-electron chi connectivity index (χ1n) is 13.4. The van der Waals surface area contributed by atoms with Gasteiger partial charge >= 0.3 is 24.0 Å². The zero-order valence-electron chi connectivity index (χ0n) is 21.8. The van der Waals surface area contributed by atoms with E-state index in [1.807, 2.05) is 0 Å². The third kappa shape index (κ3) is 14.7. The summed E-state index contributed by atoms with van der Waals surface area (Å²) in [6.45, 7) is 5.37. The molecule has 0 aromatic rings. The fourth-order valence-corrected chi connectivity index (χ4v) is 3.77. The largest absolute Gasteiger partial charge is 0.464 e. The van der Waals surface area contributed by atoms with Gasteiger partial charge in [-0.2, -0.15) is 22.0 Å². The van der Waals surface area contributed by atoms with Gasteiger partial charge in [-0.25, -0.2) is 4.79 Å². The minimum Gasteiger partial charge on any atom is -0.464 e. The van der Waals surface area contributed by atoms with Crippen molar-refractivity contribution in [2.24, 2.45) is 5.92 Å². The van der Waals surface area contributed by atoms with Crippen LogP contribution in [0.3, 0.4) is 0 Å². The maximum atomic E-state index is 13.2. The minimum atomic E-state index is -6.03. The Balaban J connectivity index is 3.99. The van der Waals surface area contributed by atoms with Crippen LogP contribution in [0.25, 0.3) is 0 Å². The van der Waals surface area contributed by atoms with Gasteiger partial charge in [-0.05, 0) is 12.3 Å². The van der Waals surface area contributed by atoms with Gasteiger partial charge in [-0.15, -0.1) is 0 Å². The lowest BCUT2D eigenvalue weighted by atomic mass is 9.99. The predicted molar refractivity (Wildman–Crippen MR) is 128 cm³/mol. The van der Waals surface area contributed by atoms with Crippen LogP contribution < -0.4 is 5.32 Å². The van der Waals surface area contributed by atoms with Gasteiger partial charge in [-0.3, -0.25) is 4.79 Å². The summed E-state index contributed by atoms with van der Waals surface area (Å²) < 4.78 is 68.8. The Hall–Kier alpha value is -1.41. The Bertz CT molecular complexity index is 570. The van der Waals surface area contributed by atoms with Crippen LogP contribution in [-0.2, 0) is 14.3 Å². The molecule has 208 valence electrons. The Labute approximate surface area is 208 Å². The maximum Gasteiger partial charge on any atom is 0.463 e. The molecule has 0 heterocycles. The summed E-state index contributed by atoms with van der Waals surface area (Å²) >= 11 is 0. The molecule has 0 rings (SSSR count). The van der Waals surface area contributed by atoms with E-state index in [9.17, 15) is 31.5 Å². The molecule has 0 aromatic heterocycles. The van der Waals surface area contributed by atoms with Crippen LogP contribution in [0.4, 0.5) is 22.0 Å². The number of carbonyl (C=O) groups excluding carboxylic acids is 2. The van der Waals surface area contributed by atoms with E-state index in [-0.39, 0.29) is 13.0 Å². The quantitative estimate of drug-likeness (QED) is 0.0954. The summed E-state index contributed by atoms with van der Waals surface area (Å²) in [7, 11) is 0. The summed E-state index contributed by atoms with van der Waals surface area (Å²) in [5.41, 5.74) is 0. The van der Waals surface area contributed by atoms with Gasteiger partial charge in [-0.1, -0.05) is 117 Å². The molecular formula is C26H46F5NO3. The molecular weight excluding hydrogens is 469 g/mol. The van der Waals surface area contributed by atoms with Crippen molar-refractivity contribution in [3.05, 3.63) is 0 Å². The van der Waals surface area contributed by atoms with E-state index in [0.717, 1.165) is 25.7 Å². The molecule has 4 nitrogen and oxygen atoms in total. The maximum absolute atomic E-state index is 13.2. The fraction of sp³-hybridized carbons (Fsp3) is 0.923. The number of esters is 1. The van der Waals surface area contributed by atoms with E-state index in [4.69, 9.17) is 4.74 Å². The molecule has 2 atom stereocenters. The first kappa shape index (κ1) is 33.6. The van der Waals surface area contributed by atoms with Gasteiger partial charge in [0.05, 0.1) is 6.61 Å². The van der Waals surface area contributed by atoms with Crippen molar-refractivity contribution < 1.29 is 36.3 Å². The smallest absolute Gasteiger partial charge is 0.463 e. The highest BCUT2D eigenvalue weighted by Crippen LogP contribution is 2.35. The molecule has 1 amide bonds. The number of ether oxygens (including phenoxy) is 1. The van der Waals surface area contributed by atoms with Crippen LogP contribution in [0.15, 0.2) is 0 Å². The van der Waals surface area contributed by atoms with Crippen molar-refractivity contribution in [2.75, 3.05) is 6.61 Å². The first-order valence-corrected chi connectivity index (χ1v) is 13.4. The lowest BCUT2D eigenvalue weighted by Gasteiger charge is -2.26. The lowest BCUT2D eigenvalue weighted by molar-refractivity contribution is -0.270. The predicted octanol–water partition coefficient (Wildman–Crippen LogP) is 8.13. The fourth-order valence-electron chi connectivity index (χ4n) is 3.77. The van der Waals surface area contributed by atoms with Gasteiger partial charge in [0.25, 0.3) is 0 Å². The van der Waals surface area contributed by atoms with Crippen LogP contribution in [0, 0.1) is 5.92 Å². The number of unbranched alkanes of at least 4 members (excludes halogenated alkanes) is 14. The molecule has 0 aromatic carbocycles. The molecule has 0 aliphatic heterocycles. The van der Waals surface area contributed by atoms with E-state index in [1.54, 1.807) is 6.92 Å². The summed E-state index contributed by atoms with van der Waals surface area (Å²) in [6, 6.07) is -1.56. The second-order valence-electron chi connectivity index (χ2n) is 9.53. The number of amides is 1. The van der Waals surface area contributed by atoms with Crippen molar-refractivity contribution in [3.63, 3.8) is 0 Å². The van der Waals surface area contributed by atoms with Crippen molar-refractivity contribution in [1.82, 2.24) is 5.32 Å². The molecule has 9 heteroatoms. The van der Waals surface area contributed by atoms with E-state index in [2.05, 4.69) is 6.92 Å². The summed E-state index contributed by atoms with van der Waals surface area (Å²) in [5.74, 6) is -9.76. The monoisotopic (exact) mass is 515 g/mol. The molecule has 0 aliphatic rings. The van der Waals surface area contributed by atoms with E-state index in [1.165, 1.54) is 76.4 Å². The van der Waals surface area contributed by atoms with Gasteiger partial charge in [0.2, 0.25) is 0 Å². The van der Waals surface area contributed by atoms with Crippen molar-refractivity contribution in [3.8, 4) is 0 Å². The first-order chi connectivity index (χ1) is 16.5. The SMILES string of the molecule is CCCCCCCCCCCCCCCCCOC(=O)C(NC(=O)C(F)(F)C(F)(F)F)C(C)CC. The van der Waals surface area contributed by atoms with Crippen molar-refractivity contribution in [1.29, 1.82) is 0 Å². The van der Waals surface area contributed by atoms with Gasteiger partial charge in [0.15, 0.2) is 0 Å². The molecule has 0 fully saturated rings. The average molecular weight is 516 g/mol. The van der Waals surface area contributed by atoms with Crippen LogP contribution in [0.1, 0.15) is 124 Å². The molecule has 0 saturated heterocycles. The molecule has 0 spiro atoms. The number of carbonyl (C=O) groups is 2. The Kier molecular flexibility index (Phi) is 18.0. The molecule has 0 bridgehead atoms.